The van der Waals surface area contributed by atoms with Gasteiger partial charge in [-0.1, -0.05) is 0 Å². The first-order valence-electron chi connectivity index (χ1n) is 5.02. The van der Waals surface area contributed by atoms with Gasteiger partial charge in [0, 0.05) is 5.69 Å². The number of amides is 1. The van der Waals surface area contributed by atoms with Gasteiger partial charge in [0.05, 0.1) is 5.56 Å². The summed E-state index contributed by atoms with van der Waals surface area (Å²) in [7, 11) is 0. The number of anilines is 1. The number of aryl methyl sites for hydroxylation is 1. The molecule has 0 fully saturated rings. The largest absolute Gasteiger partial charge is 0.478 e. The first-order valence-corrected chi connectivity index (χ1v) is 5.02. The third-order valence-corrected chi connectivity index (χ3v) is 2.26. The topological polar surface area (TPSA) is 105 Å². The lowest BCUT2D eigenvalue weighted by Crippen LogP contribution is -2.45. The second kappa shape index (κ2) is 4.40. The number of aromatic nitrogens is 1. The zero-order chi connectivity index (χ0) is 13.2. The lowest BCUT2D eigenvalue weighted by Gasteiger charge is -2.23. The van der Waals surface area contributed by atoms with Crippen LogP contribution in [0.4, 0.5) is 5.82 Å². The van der Waals surface area contributed by atoms with Crippen molar-refractivity contribution in [3.63, 3.8) is 0 Å². The summed E-state index contributed by atoms with van der Waals surface area (Å²) in [5.74, 6) is -1.28. The number of carboxylic acids is 1. The van der Waals surface area contributed by atoms with Gasteiger partial charge in [0.15, 0.2) is 0 Å². The first kappa shape index (κ1) is 13.0. The SMILES string of the molecule is Cc1cc(C(=O)O)cc(NC(C)(C)C(N)=O)n1. The number of nitrogens with two attached hydrogens (primary N) is 1. The molecule has 0 aliphatic rings. The van der Waals surface area contributed by atoms with Gasteiger partial charge in [0.25, 0.3) is 0 Å². The Kier molecular flexibility index (Phi) is 3.36. The van der Waals surface area contributed by atoms with Crippen LogP contribution in [0.2, 0.25) is 0 Å². The van der Waals surface area contributed by atoms with Crippen LogP contribution in [0.1, 0.15) is 29.9 Å². The molecule has 0 unspecified atom stereocenters. The lowest BCUT2D eigenvalue weighted by atomic mass is 10.1. The zero-order valence-electron chi connectivity index (χ0n) is 9.94. The smallest absolute Gasteiger partial charge is 0.335 e. The van der Waals surface area contributed by atoms with E-state index in [2.05, 4.69) is 10.3 Å². The molecule has 0 aliphatic heterocycles. The molecule has 1 aromatic heterocycles. The van der Waals surface area contributed by atoms with E-state index in [1.165, 1.54) is 12.1 Å². The van der Waals surface area contributed by atoms with E-state index >= 15 is 0 Å². The van der Waals surface area contributed by atoms with Crippen molar-refractivity contribution in [2.45, 2.75) is 26.3 Å². The van der Waals surface area contributed by atoms with Crippen LogP contribution in [0, 0.1) is 6.92 Å². The summed E-state index contributed by atoms with van der Waals surface area (Å²) < 4.78 is 0. The third-order valence-electron chi connectivity index (χ3n) is 2.26. The number of nitrogens with one attached hydrogen (secondary N) is 1. The Morgan fingerprint density at radius 3 is 2.47 bits per heavy atom. The molecule has 1 aromatic rings. The summed E-state index contributed by atoms with van der Waals surface area (Å²) >= 11 is 0. The zero-order valence-corrected chi connectivity index (χ0v) is 9.94. The maximum absolute atomic E-state index is 11.1. The maximum Gasteiger partial charge on any atom is 0.335 e. The number of aromatic carboxylic acids is 1. The van der Waals surface area contributed by atoms with Crippen LogP contribution >= 0.6 is 0 Å². The molecule has 0 bridgehead atoms. The number of carbonyl (C=O) groups excluding carboxylic acids is 1. The molecule has 0 radical (unpaired) electrons. The minimum Gasteiger partial charge on any atom is -0.478 e. The summed E-state index contributed by atoms with van der Waals surface area (Å²) in [5.41, 5.74) is 4.88. The minimum absolute atomic E-state index is 0.111. The van der Waals surface area contributed by atoms with Crippen LogP contribution in [0.3, 0.4) is 0 Å². The Morgan fingerprint density at radius 1 is 1.41 bits per heavy atom. The monoisotopic (exact) mass is 237 g/mol. The van der Waals surface area contributed by atoms with Crippen molar-refractivity contribution in [2.24, 2.45) is 5.73 Å². The van der Waals surface area contributed by atoms with Crippen LogP contribution in [0.5, 0.6) is 0 Å². The maximum atomic E-state index is 11.1. The molecule has 0 aromatic carbocycles. The molecular formula is C11H15N3O3. The molecule has 0 saturated heterocycles. The van der Waals surface area contributed by atoms with Crippen LogP contribution in [0.25, 0.3) is 0 Å². The van der Waals surface area contributed by atoms with Crippen LogP contribution in [0.15, 0.2) is 12.1 Å². The van der Waals surface area contributed by atoms with E-state index in [0.717, 1.165) is 0 Å². The van der Waals surface area contributed by atoms with Gasteiger partial charge < -0.3 is 16.2 Å². The van der Waals surface area contributed by atoms with Gasteiger partial charge in [-0.2, -0.15) is 0 Å². The van der Waals surface area contributed by atoms with E-state index in [1.807, 2.05) is 0 Å². The quantitative estimate of drug-likeness (QED) is 0.717. The summed E-state index contributed by atoms with van der Waals surface area (Å²) in [6.45, 7) is 4.87. The van der Waals surface area contributed by atoms with E-state index in [9.17, 15) is 9.59 Å². The predicted octanol–water partition coefficient (Wildman–Crippen LogP) is 0.764. The number of rotatable bonds is 4. The van der Waals surface area contributed by atoms with Crippen molar-refractivity contribution in [3.8, 4) is 0 Å². The van der Waals surface area contributed by atoms with Gasteiger partial charge in [0.2, 0.25) is 5.91 Å². The molecule has 6 heteroatoms. The van der Waals surface area contributed by atoms with E-state index in [0.29, 0.717) is 11.5 Å². The van der Waals surface area contributed by atoms with Crippen molar-refractivity contribution >= 4 is 17.7 Å². The minimum atomic E-state index is -1.05. The van der Waals surface area contributed by atoms with Crippen molar-refractivity contribution in [2.75, 3.05) is 5.32 Å². The molecule has 92 valence electrons. The van der Waals surface area contributed by atoms with E-state index < -0.39 is 17.4 Å². The first-order chi connectivity index (χ1) is 7.72. The number of carboxylic acid groups (broad SMARTS) is 1. The number of hydrogen-bond acceptors (Lipinski definition) is 4. The highest BCUT2D eigenvalue weighted by Crippen LogP contribution is 2.15. The number of pyridine rings is 1. The molecule has 1 amide bonds. The van der Waals surface area contributed by atoms with Gasteiger partial charge in [-0.15, -0.1) is 0 Å². The Bertz CT molecular complexity index is 469. The Balaban J connectivity index is 3.07. The number of hydrogen-bond donors (Lipinski definition) is 3. The van der Waals surface area contributed by atoms with Crippen molar-refractivity contribution in [1.82, 2.24) is 4.98 Å². The van der Waals surface area contributed by atoms with Crippen molar-refractivity contribution < 1.29 is 14.7 Å². The van der Waals surface area contributed by atoms with E-state index in [-0.39, 0.29) is 5.56 Å². The van der Waals surface area contributed by atoms with E-state index in [4.69, 9.17) is 10.8 Å². The average molecular weight is 237 g/mol. The lowest BCUT2D eigenvalue weighted by molar-refractivity contribution is -0.121. The van der Waals surface area contributed by atoms with Gasteiger partial charge >= 0.3 is 5.97 Å². The Morgan fingerprint density at radius 2 is 2.00 bits per heavy atom. The molecule has 6 nitrogen and oxygen atoms in total. The molecule has 17 heavy (non-hydrogen) atoms. The Hall–Kier alpha value is -2.11. The molecule has 0 atom stereocenters. The predicted molar refractivity (Wildman–Crippen MR) is 62.8 cm³/mol. The molecule has 0 saturated carbocycles. The number of primary amides is 1. The van der Waals surface area contributed by atoms with Crippen LogP contribution in [-0.4, -0.2) is 27.5 Å². The molecule has 1 rings (SSSR count). The summed E-state index contributed by atoms with van der Waals surface area (Å²) in [6, 6.07) is 2.81. The van der Waals surface area contributed by atoms with Crippen molar-refractivity contribution in [3.05, 3.63) is 23.4 Å². The fourth-order valence-corrected chi connectivity index (χ4v) is 1.24. The van der Waals surface area contributed by atoms with Gasteiger partial charge in [-0.3, -0.25) is 4.79 Å². The standard InChI is InChI=1S/C11H15N3O3/c1-6-4-7(9(15)16)5-8(13-6)14-11(2,3)10(12)17/h4-5H,1-3H3,(H2,12,17)(H,13,14)(H,15,16). The highest BCUT2D eigenvalue weighted by Gasteiger charge is 2.25. The van der Waals surface area contributed by atoms with Gasteiger partial charge in [0.1, 0.15) is 11.4 Å². The number of nitrogens with zero attached hydrogens (tertiary/aromatic N) is 1. The summed E-state index contributed by atoms with van der Waals surface area (Å²) in [6.07, 6.45) is 0. The highest BCUT2D eigenvalue weighted by atomic mass is 16.4. The Labute approximate surface area is 98.8 Å². The molecule has 1 heterocycles. The second-order valence-corrected chi connectivity index (χ2v) is 4.30. The molecule has 0 aliphatic carbocycles. The highest BCUT2D eigenvalue weighted by molar-refractivity contribution is 5.90. The average Bonchev–Trinajstić information content (AvgIpc) is 2.15. The van der Waals surface area contributed by atoms with Gasteiger partial charge in [-0.25, -0.2) is 9.78 Å². The fraction of sp³-hybridized carbons (Fsp3) is 0.364. The van der Waals surface area contributed by atoms with Crippen LogP contribution in [-0.2, 0) is 4.79 Å². The normalized spacial score (nSPS) is 11.0. The number of carbonyl (C=O) groups is 2. The van der Waals surface area contributed by atoms with Crippen molar-refractivity contribution in [1.29, 1.82) is 0 Å². The second-order valence-electron chi connectivity index (χ2n) is 4.30. The molecular weight excluding hydrogens is 222 g/mol. The molecule has 0 spiro atoms. The molecule has 4 N–H and O–H groups in total. The van der Waals surface area contributed by atoms with Crippen LogP contribution < -0.4 is 11.1 Å². The third kappa shape index (κ3) is 3.17. The fourth-order valence-electron chi connectivity index (χ4n) is 1.24. The summed E-state index contributed by atoms with van der Waals surface area (Å²) in [4.78, 5) is 26.1. The summed E-state index contributed by atoms with van der Waals surface area (Å²) in [5, 5.41) is 11.7. The van der Waals surface area contributed by atoms with Gasteiger partial charge in [-0.05, 0) is 32.9 Å². The van der Waals surface area contributed by atoms with E-state index in [1.54, 1.807) is 20.8 Å².